The predicted molar refractivity (Wildman–Crippen MR) is 187 cm³/mol. The first-order chi connectivity index (χ1) is 23.1. The van der Waals surface area contributed by atoms with Gasteiger partial charge in [-0.05, 0) is 61.3 Å². The molecule has 1 fully saturated rings. The Balaban J connectivity index is 1.37. The second-order valence-corrected chi connectivity index (χ2v) is 13.9. The Morgan fingerprint density at radius 1 is 0.958 bits per heavy atom. The molecule has 1 aliphatic heterocycles. The van der Waals surface area contributed by atoms with Gasteiger partial charge in [0.1, 0.15) is 6.04 Å². The number of hydrogen-bond donors (Lipinski definition) is 3. The van der Waals surface area contributed by atoms with E-state index >= 15 is 0 Å². The normalized spacial score (nSPS) is 18.7. The van der Waals surface area contributed by atoms with Gasteiger partial charge in [0.25, 0.3) is 0 Å². The molecular weight excluding hydrogens is 627 g/mol. The number of aliphatic hydroxyl groups excluding tert-OH is 1. The number of nitrogens with one attached hydrogen (secondary N) is 2. The van der Waals surface area contributed by atoms with Gasteiger partial charge in [0.05, 0.1) is 23.7 Å². The van der Waals surface area contributed by atoms with E-state index in [1.807, 2.05) is 80.7 Å². The van der Waals surface area contributed by atoms with Crippen LogP contribution in [0.1, 0.15) is 46.6 Å². The first-order valence-corrected chi connectivity index (χ1v) is 17.5. The zero-order valence-corrected chi connectivity index (χ0v) is 28.1. The minimum Gasteiger partial charge on any atom is -0.392 e. The number of aryl methyl sites for hydroxylation is 1. The molecule has 0 spiro atoms. The van der Waals surface area contributed by atoms with Crippen molar-refractivity contribution in [3.05, 3.63) is 144 Å². The fraction of sp³-hybridized carbons (Fsp3) is 0.289. The summed E-state index contributed by atoms with van der Waals surface area (Å²) in [5, 5.41) is 12.4. The minimum atomic E-state index is -3.99. The van der Waals surface area contributed by atoms with Gasteiger partial charge in [-0.2, -0.15) is 4.72 Å². The molecular formula is C38H43N3O6S. The van der Waals surface area contributed by atoms with Gasteiger partial charge in [-0.15, -0.1) is 6.58 Å². The number of rotatable bonds is 14. The number of carbonyl (C=O) groups is 1. The molecule has 0 saturated carbocycles. The van der Waals surface area contributed by atoms with Crippen molar-refractivity contribution in [2.45, 2.75) is 55.8 Å². The van der Waals surface area contributed by atoms with E-state index in [0.29, 0.717) is 30.8 Å². The highest BCUT2D eigenvalue weighted by molar-refractivity contribution is 7.89. The average Bonchev–Trinajstić information content (AvgIpc) is 3.08. The standard InChI is InChI=1S/C38H43N3O6S/c1-4-21-41(3)25-33-24-36(30-17-15-29(26-42)16-18-30)47-38(46-33)31-11-8-12-32(23-31)39-37(43)35(22-28-9-6-5-7-10-28)40-48(44,45)34-19-13-27(2)14-20-34/h4-20,23,33,35-36,38,40,42H,1,21-22,24-26H2,2-3H3,(H,39,43)/t33-,35+,36+,38?/m0/s1. The molecule has 252 valence electrons. The number of amides is 1. The molecule has 3 N–H and O–H groups in total. The summed E-state index contributed by atoms with van der Waals surface area (Å²) in [5.74, 6) is -0.497. The maximum Gasteiger partial charge on any atom is 0.242 e. The second kappa shape index (κ2) is 16.3. The van der Waals surface area contributed by atoms with Crippen molar-refractivity contribution in [3.63, 3.8) is 0 Å². The van der Waals surface area contributed by atoms with Crippen LogP contribution >= 0.6 is 0 Å². The van der Waals surface area contributed by atoms with Crippen LogP contribution < -0.4 is 10.0 Å². The van der Waals surface area contributed by atoms with Crippen LogP contribution in [-0.4, -0.2) is 56.6 Å². The summed E-state index contributed by atoms with van der Waals surface area (Å²) >= 11 is 0. The molecule has 1 amide bonds. The van der Waals surface area contributed by atoms with Gasteiger partial charge < -0.3 is 24.8 Å². The maximum absolute atomic E-state index is 13.8. The summed E-state index contributed by atoms with van der Waals surface area (Å²) < 4.78 is 42.3. The maximum atomic E-state index is 13.8. The lowest BCUT2D eigenvalue weighted by Crippen LogP contribution is -2.45. The Morgan fingerprint density at radius 3 is 2.38 bits per heavy atom. The highest BCUT2D eigenvalue weighted by atomic mass is 32.2. The van der Waals surface area contributed by atoms with Crippen LogP contribution in [0.3, 0.4) is 0 Å². The third kappa shape index (κ3) is 9.47. The van der Waals surface area contributed by atoms with Gasteiger partial charge in [-0.3, -0.25) is 4.79 Å². The van der Waals surface area contributed by atoms with E-state index in [9.17, 15) is 18.3 Å². The summed E-state index contributed by atoms with van der Waals surface area (Å²) in [6.45, 7) is 7.06. The molecule has 0 aliphatic carbocycles. The Labute approximate surface area is 283 Å². The van der Waals surface area contributed by atoms with Crippen LogP contribution in [0.4, 0.5) is 5.69 Å². The molecule has 4 atom stereocenters. The summed E-state index contributed by atoms with van der Waals surface area (Å²) in [7, 11) is -1.98. The van der Waals surface area contributed by atoms with Gasteiger partial charge in [-0.1, -0.05) is 90.5 Å². The smallest absolute Gasteiger partial charge is 0.242 e. The monoisotopic (exact) mass is 669 g/mol. The largest absolute Gasteiger partial charge is 0.392 e. The van der Waals surface area contributed by atoms with E-state index in [2.05, 4.69) is 21.5 Å². The van der Waals surface area contributed by atoms with Gasteiger partial charge >= 0.3 is 0 Å². The molecule has 1 unspecified atom stereocenters. The number of likely N-dealkylation sites (N-methyl/N-ethyl adjacent to an activating group) is 1. The predicted octanol–water partition coefficient (Wildman–Crippen LogP) is 5.68. The molecule has 1 saturated heterocycles. The lowest BCUT2D eigenvalue weighted by atomic mass is 9.99. The third-order valence-corrected chi connectivity index (χ3v) is 9.71. The van der Waals surface area contributed by atoms with E-state index in [0.717, 1.165) is 22.3 Å². The summed E-state index contributed by atoms with van der Waals surface area (Å²) in [6, 6.07) is 29.6. The van der Waals surface area contributed by atoms with Crippen LogP contribution in [0.5, 0.6) is 0 Å². The first kappa shape index (κ1) is 35.2. The fourth-order valence-corrected chi connectivity index (χ4v) is 6.87. The summed E-state index contributed by atoms with van der Waals surface area (Å²) in [5.41, 5.74) is 4.73. The molecule has 48 heavy (non-hydrogen) atoms. The summed E-state index contributed by atoms with van der Waals surface area (Å²) in [4.78, 5) is 16.0. The van der Waals surface area contributed by atoms with Crippen molar-refractivity contribution >= 4 is 21.6 Å². The zero-order chi connectivity index (χ0) is 34.1. The van der Waals surface area contributed by atoms with Gasteiger partial charge in [0.2, 0.25) is 15.9 Å². The van der Waals surface area contributed by atoms with E-state index in [-0.39, 0.29) is 30.1 Å². The number of carbonyl (C=O) groups excluding carboxylic acids is 1. The molecule has 10 heteroatoms. The molecule has 1 heterocycles. The van der Waals surface area contributed by atoms with Gasteiger partial charge in [0.15, 0.2) is 6.29 Å². The molecule has 5 rings (SSSR count). The molecule has 0 aromatic heterocycles. The van der Waals surface area contributed by atoms with E-state index in [1.54, 1.807) is 30.3 Å². The third-order valence-electron chi connectivity index (χ3n) is 8.23. The van der Waals surface area contributed by atoms with Crippen molar-refractivity contribution < 1.29 is 27.8 Å². The van der Waals surface area contributed by atoms with Crippen molar-refractivity contribution in [3.8, 4) is 0 Å². The zero-order valence-electron chi connectivity index (χ0n) is 27.3. The Kier molecular flexibility index (Phi) is 11.9. The van der Waals surface area contributed by atoms with Crippen LogP contribution in [0.15, 0.2) is 121 Å². The van der Waals surface area contributed by atoms with Crippen LogP contribution in [0, 0.1) is 6.92 Å². The lowest BCUT2D eigenvalue weighted by molar-refractivity contribution is -0.252. The molecule has 0 bridgehead atoms. The van der Waals surface area contributed by atoms with Crippen molar-refractivity contribution in [2.75, 3.05) is 25.5 Å². The topological polar surface area (TPSA) is 117 Å². The first-order valence-electron chi connectivity index (χ1n) is 16.0. The van der Waals surface area contributed by atoms with Crippen LogP contribution in [-0.2, 0) is 37.3 Å². The highest BCUT2D eigenvalue weighted by Gasteiger charge is 2.33. The Bertz CT molecular complexity index is 1760. The van der Waals surface area contributed by atoms with Crippen molar-refractivity contribution in [2.24, 2.45) is 0 Å². The average molecular weight is 670 g/mol. The quantitative estimate of drug-likeness (QED) is 0.148. The summed E-state index contributed by atoms with van der Waals surface area (Å²) in [6.07, 6.45) is 1.50. The number of sulfonamides is 1. The van der Waals surface area contributed by atoms with E-state index in [1.165, 1.54) is 12.1 Å². The highest BCUT2D eigenvalue weighted by Crippen LogP contribution is 2.38. The minimum absolute atomic E-state index is 0.0371. The molecule has 4 aromatic rings. The number of hydrogen-bond acceptors (Lipinski definition) is 7. The number of ether oxygens (including phenoxy) is 2. The second-order valence-electron chi connectivity index (χ2n) is 12.2. The van der Waals surface area contributed by atoms with Gasteiger partial charge in [-0.25, -0.2) is 8.42 Å². The Morgan fingerprint density at radius 2 is 1.69 bits per heavy atom. The molecule has 9 nitrogen and oxygen atoms in total. The van der Waals surface area contributed by atoms with E-state index < -0.39 is 28.3 Å². The number of anilines is 1. The Hall–Kier alpha value is -4.16. The fourth-order valence-electron chi connectivity index (χ4n) is 5.68. The molecule has 0 radical (unpaired) electrons. The van der Waals surface area contributed by atoms with Gasteiger partial charge in [0, 0.05) is 30.8 Å². The van der Waals surface area contributed by atoms with Crippen molar-refractivity contribution in [1.29, 1.82) is 0 Å². The van der Waals surface area contributed by atoms with E-state index in [4.69, 9.17) is 9.47 Å². The van der Waals surface area contributed by atoms with Crippen LogP contribution in [0.25, 0.3) is 0 Å². The molecule has 1 aliphatic rings. The number of nitrogens with zero attached hydrogens (tertiary/aromatic N) is 1. The SMILES string of the molecule is C=CCN(C)C[C@@H]1C[C@H](c2ccc(CO)cc2)OC(c2cccc(NC(=O)[C@@H](Cc3ccccc3)NS(=O)(=O)c3ccc(C)cc3)c2)O1. The molecule has 4 aromatic carbocycles. The lowest BCUT2D eigenvalue weighted by Gasteiger charge is -2.37. The van der Waals surface area contributed by atoms with Crippen molar-refractivity contribution in [1.82, 2.24) is 9.62 Å². The number of aliphatic hydroxyl groups is 1. The van der Waals surface area contributed by atoms with Crippen LogP contribution in [0.2, 0.25) is 0 Å². The number of benzene rings is 4.